The first kappa shape index (κ1) is 21.7. The summed E-state index contributed by atoms with van der Waals surface area (Å²) < 4.78 is 5.40. The molecule has 0 aliphatic carbocycles. The number of Topliss-reactive ketones (excluding diaryl/α,β-unsaturated/α-hetero) is 1. The van der Waals surface area contributed by atoms with Gasteiger partial charge in [-0.1, -0.05) is 42.5 Å². The van der Waals surface area contributed by atoms with Crippen LogP contribution in [0.25, 0.3) is 10.6 Å². The minimum atomic E-state index is -0.904. The summed E-state index contributed by atoms with van der Waals surface area (Å²) in [6.45, 7) is 1.78. The minimum absolute atomic E-state index is 0.0126. The van der Waals surface area contributed by atoms with Crippen LogP contribution in [-0.4, -0.2) is 31.8 Å². The summed E-state index contributed by atoms with van der Waals surface area (Å²) in [5.74, 6) is -1.28. The summed E-state index contributed by atoms with van der Waals surface area (Å²) in [6.07, 6.45) is 1.49. The number of benzene rings is 2. The average molecular weight is 473 g/mol. The largest absolute Gasteiger partial charge is 0.508 e. The molecule has 0 radical (unpaired) electrons. The molecule has 4 aromatic rings. The zero-order chi connectivity index (χ0) is 23.8. The number of hydrogen-bond acceptors (Lipinski definition) is 7. The minimum Gasteiger partial charge on any atom is -0.508 e. The highest BCUT2D eigenvalue weighted by Crippen LogP contribution is 2.42. The molecule has 7 nitrogen and oxygen atoms in total. The molecule has 0 fully saturated rings. The number of carbonyl (C=O) groups excluding carboxylic acids is 2. The summed E-state index contributed by atoms with van der Waals surface area (Å²) in [5.41, 5.74) is 1.84. The van der Waals surface area contributed by atoms with Crippen molar-refractivity contribution in [3.05, 3.63) is 106 Å². The van der Waals surface area contributed by atoms with Gasteiger partial charge < -0.3 is 19.5 Å². The molecule has 8 heteroatoms. The highest BCUT2D eigenvalue weighted by molar-refractivity contribution is 7.17. The van der Waals surface area contributed by atoms with Crippen LogP contribution in [-0.2, 0) is 11.3 Å². The maximum absolute atomic E-state index is 13.8. The van der Waals surface area contributed by atoms with Crippen LogP contribution in [0.15, 0.2) is 88.7 Å². The number of phenols is 1. The molecule has 1 aliphatic heterocycles. The summed E-state index contributed by atoms with van der Waals surface area (Å²) >= 11 is 1.21. The Balaban J connectivity index is 1.59. The van der Waals surface area contributed by atoms with Crippen molar-refractivity contribution in [2.45, 2.75) is 19.5 Å². The van der Waals surface area contributed by atoms with E-state index in [0.717, 1.165) is 5.56 Å². The predicted molar refractivity (Wildman–Crippen MR) is 126 cm³/mol. The van der Waals surface area contributed by atoms with Crippen molar-refractivity contribution in [3.63, 3.8) is 0 Å². The van der Waals surface area contributed by atoms with Gasteiger partial charge in [-0.05, 0) is 36.8 Å². The smallest absolute Gasteiger partial charge is 0.290 e. The summed E-state index contributed by atoms with van der Waals surface area (Å²) in [5, 5.41) is 21.6. The van der Waals surface area contributed by atoms with Crippen molar-refractivity contribution in [2.75, 3.05) is 0 Å². The van der Waals surface area contributed by atoms with Crippen molar-refractivity contribution >= 4 is 23.0 Å². The number of hydrogen-bond donors (Lipinski definition) is 2. The summed E-state index contributed by atoms with van der Waals surface area (Å²) in [6, 6.07) is 18.3. The van der Waals surface area contributed by atoms with E-state index in [1.54, 1.807) is 31.2 Å². The maximum atomic E-state index is 13.8. The van der Waals surface area contributed by atoms with E-state index in [0.29, 0.717) is 26.9 Å². The van der Waals surface area contributed by atoms with E-state index in [1.807, 2.05) is 30.3 Å². The van der Waals surface area contributed by atoms with Crippen molar-refractivity contribution in [3.8, 4) is 16.3 Å². The maximum Gasteiger partial charge on any atom is 0.290 e. The van der Waals surface area contributed by atoms with Gasteiger partial charge in [0.2, 0.25) is 5.78 Å². The molecule has 2 aromatic carbocycles. The van der Waals surface area contributed by atoms with Gasteiger partial charge >= 0.3 is 0 Å². The summed E-state index contributed by atoms with van der Waals surface area (Å²) in [4.78, 5) is 33.1. The van der Waals surface area contributed by atoms with Gasteiger partial charge in [-0.15, -0.1) is 11.3 Å². The second-order valence-electron chi connectivity index (χ2n) is 7.90. The second-order valence-corrected chi connectivity index (χ2v) is 8.90. The number of aromatic nitrogens is 1. The van der Waals surface area contributed by atoms with Gasteiger partial charge in [0, 0.05) is 5.56 Å². The molecule has 0 saturated carbocycles. The Labute approximate surface area is 199 Å². The lowest BCUT2D eigenvalue weighted by molar-refractivity contribution is -0.130. The van der Waals surface area contributed by atoms with E-state index in [9.17, 15) is 19.8 Å². The van der Waals surface area contributed by atoms with Gasteiger partial charge in [0.05, 0.1) is 35.0 Å². The molecule has 2 aromatic heterocycles. The van der Waals surface area contributed by atoms with Crippen LogP contribution in [0.5, 0.6) is 5.75 Å². The molecular weight excluding hydrogens is 452 g/mol. The lowest BCUT2D eigenvalue weighted by Gasteiger charge is -2.26. The number of amides is 1. The molecule has 2 N–H and O–H groups in total. The highest BCUT2D eigenvalue weighted by Gasteiger charge is 2.45. The number of furan rings is 1. The highest BCUT2D eigenvalue weighted by atomic mass is 32.1. The number of aliphatic hydroxyl groups excluding tert-OH is 1. The van der Waals surface area contributed by atoms with Crippen molar-refractivity contribution in [1.82, 2.24) is 9.88 Å². The normalized spacial score (nSPS) is 15.9. The van der Waals surface area contributed by atoms with Gasteiger partial charge in [-0.2, -0.15) is 0 Å². The number of ketones is 1. The van der Waals surface area contributed by atoms with E-state index in [-0.39, 0.29) is 17.9 Å². The predicted octanol–water partition coefficient (Wildman–Crippen LogP) is 5.20. The molecular formula is C26H20N2O5S. The molecule has 3 heterocycles. The fourth-order valence-corrected chi connectivity index (χ4v) is 5.12. The van der Waals surface area contributed by atoms with E-state index < -0.39 is 23.5 Å². The van der Waals surface area contributed by atoms with Gasteiger partial charge in [0.1, 0.15) is 16.5 Å². The number of aromatic hydroxyl groups is 1. The zero-order valence-corrected chi connectivity index (χ0v) is 19.0. The first-order chi connectivity index (χ1) is 16.4. The number of phenolic OH excluding ortho intramolecular Hbond substituents is 1. The molecule has 0 spiro atoms. The van der Waals surface area contributed by atoms with Gasteiger partial charge in [-0.25, -0.2) is 4.98 Å². The van der Waals surface area contributed by atoms with Crippen LogP contribution in [0.2, 0.25) is 0 Å². The van der Waals surface area contributed by atoms with E-state index in [4.69, 9.17) is 4.42 Å². The monoisotopic (exact) mass is 472 g/mol. The molecule has 1 amide bonds. The number of aryl methyl sites for hydroxylation is 1. The molecule has 0 saturated heterocycles. The number of aliphatic hydroxyl groups is 1. The Hall–Kier alpha value is -4.17. The third-order valence-electron chi connectivity index (χ3n) is 5.66. The van der Waals surface area contributed by atoms with Crippen LogP contribution in [0, 0.1) is 6.92 Å². The Morgan fingerprint density at radius 3 is 2.59 bits per heavy atom. The third-order valence-corrected chi connectivity index (χ3v) is 6.87. The molecule has 0 bridgehead atoms. The average Bonchev–Trinajstić information content (AvgIpc) is 3.55. The Morgan fingerprint density at radius 2 is 1.88 bits per heavy atom. The molecule has 170 valence electrons. The standard InChI is InChI=1S/C26H20N2O5S/c1-15-24(34-25(27-15)16-7-3-2-4-8-16)22(30)20-21(17-9-5-10-18(29)13-17)28(26(32)23(20)31)14-19-11-6-12-33-19/h2-13,21,29,31H,14H2,1H3. The Kier molecular flexibility index (Phi) is 5.51. The molecule has 1 atom stereocenters. The van der Waals surface area contributed by atoms with Gasteiger partial charge in [0.25, 0.3) is 5.91 Å². The number of thiazole rings is 1. The number of nitrogens with zero attached hydrogens (tertiary/aromatic N) is 2. The van der Waals surface area contributed by atoms with Crippen LogP contribution in [0.3, 0.4) is 0 Å². The molecule has 1 aliphatic rings. The quantitative estimate of drug-likeness (QED) is 0.374. The SMILES string of the molecule is Cc1nc(-c2ccccc2)sc1C(=O)C1=C(O)C(=O)N(Cc2ccco2)C1c1cccc(O)c1. The number of carbonyl (C=O) groups is 2. The van der Waals surface area contributed by atoms with E-state index in [2.05, 4.69) is 4.98 Å². The fraction of sp³-hybridized carbons (Fsp3) is 0.115. The Bertz CT molecular complexity index is 1410. The van der Waals surface area contributed by atoms with Crippen LogP contribution >= 0.6 is 11.3 Å². The third kappa shape index (κ3) is 3.78. The first-order valence-electron chi connectivity index (χ1n) is 10.6. The second kappa shape index (κ2) is 8.64. The topological polar surface area (TPSA) is 104 Å². The first-order valence-corrected chi connectivity index (χ1v) is 11.4. The van der Waals surface area contributed by atoms with Crippen LogP contribution in [0.1, 0.15) is 32.7 Å². The lowest BCUT2D eigenvalue weighted by atomic mass is 9.95. The molecule has 1 unspecified atom stereocenters. The molecule has 34 heavy (non-hydrogen) atoms. The lowest BCUT2D eigenvalue weighted by Crippen LogP contribution is -2.30. The van der Waals surface area contributed by atoms with Crippen LogP contribution < -0.4 is 0 Å². The summed E-state index contributed by atoms with van der Waals surface area (Å²) in [7, 11) is 0. The Morgan fingerprint density at radius 1 is 1.09 bits per heavy atom. The van der Waals surface area contributed by atoms with Crippen molar-refractivity contribution < 1.29 is 24.2 Å². The van der Waals surface area contributed by atoms with E-state index in [1.165, 1.54) is 34.6 Å². The fourth-order valence-electron chi connectivity index (χ4n) is 4.09. The van der Waals surface area contributed by atoms with Gasteiger partial charge in [-0.3, -0.25) is 9.59 Å². The number of rotatable bonds is 6. The van der Waals surface area contributed by atoms with E-state index >= 15 is 0 Å². The molecule has 5 rings (SSSR count). The van der Waals surface area contributed by atoms with Crippen molar-refractivity contribution in [1.29, 1.82) is 0 Å². The van der Waals surface area contributed by atoms with Gasteiger partial charge in [0.15, 0.2) is 5.76 Å². The zero-order valence-electron chi connectivity index (χ0n) is 18.1. The van der Waals surface area contributed by atoms with Crippen molar-refractivity contribution in [2.24, 2.45) is 0 Å². The van der Waals surface area contributed by atoms with Crippen LogP contribution in [0.4, 0.5) is 0 Å².